The minimum atomic E-state index is -0.359. The van der Waals surface area contributed by atoms with Gasteiger partial charge in [-0.25, -0.2) is 14.8 Å². The van der Waals surface area contributed by atoms with Crippen LogP contribution in [0.4, 0.5) is 0 Å². The second kappa shape index (κ2) is 7.17. The van der Waals surface area contributed by atoms with E-state index in [2.05, 4.69) is 9.97 Å². The van der Waals surface area contributed by atoms with Gasteiger partial charge in [0.05, 0.1) is 37.6 Å². The van der Waals surface area contributed by atoms with Crippen LogP contribution in [0.2, 0.25) is 0 Å². The number of ether oxygens (including phenoxy) is 3. The van der Waals surface area contributed by atoms with Gasteiger partial charge in [0.25, 0.3) is 0 Å². The Morgan fingerprint density at radius 1 is 1.04 bits per heavy atom. The van der Waals surface area contributed by atoms with Crippen molar-refractivity contribution < 1.29 is 19.0 Å². The molecule has 0 N–H and O–H groups in total. The minimum absolute atomic E-state index is 0.330. The number of aromatic nitrogens is 2. The van der Waals surface area contributed by atoms with Crippen LogP contribution in [0.3, 0.4) is 0 Å². The lowest BCUT2D eigenvalue weighted by Crippen LogP contribution is -2.04. The van der Waals surface area contributed by atoms with Crippen molar-refractivity contribution in [2.24, 2.45) is 0 Å². The zero-order valence-electron chi connectivity index (χ0n) is 14.3. The second-order valence-corrected chi connectivity index (χ2v) is 5.25. The van der Waals surface area contributed by atoms with Crippen molar-refractivity contribution in [2.45, 2.75) is 6.92 Å². The largest absolute Gasteiger partial charge is 0.493 e. The first-order valence-electron chi connectivity index (χ1n) is 7.82. The van der Waals surface area contributed by atoms with Gasteiger partial charge in [-0.2, -0.15) is 0 Å². The van der Waals surface area contributed by atoms with Gasteiger partial charge in [0.1, 0.15) is 6.33 Å². The van der Waals surface area contributed by atoms with Crippen LogP contribution in [0.1, 0.15) is 17.3 Å². The molecule has 0 atom stereocenters. The summed E-state index contributed by atoms with van der Waals surface area (Å²) in [7, 11) is 3.16. The maximum Gasteiger partial charge on any atom is 0.338 e. The fourth-order valence-electron chi connectivity index (χ4n) is 2.62. The van der Waals surface area contributed by atoms with Gasteiger partial charge in [0, 0.05) is 17.0 Å². The van der Waals surface area contributed by atoms with Gasteiger partial charge in [-0.15, -0.1) is 0 Å². The van der Waals surface area contributed by atoms with E-state index in [1.165, 1.54) is 6.33 Å². The number of nitrogens with zero attached hydrogens (tertiary/aromatic N) is 2. The summed E-state index contributed by atoms with van der Waals surface area (Å²) < 4.78 is 15.8. The smallest absolute Gasteiger partial charge is 0.338 e. The molecule has 1 aromatic heterocycles. The lowest BCUT2D eigenvalue weighted by atomic mass is 10.0. The summed E-state index contributed by atoms with van der Waals surface area (Å²) in [5.41, 5.74) is 2.71. The molecule has 0 unspecified atom stereocenters. The topological polar surface area (TPSA) is 70.5 Å². The van der Waals surface area contributed by atoms with Crippen molar-refractivity contribution in [3.63, 3.8) is 0 Å². The van der Waals surface area contributed by atoms with E-state index in [1.54, 1.807) is 45.4 Å². The van der Waals surface area contributed by atoms with E-state index in [0.717, 1.165) is 16.5 Å². The van der Waals surface area contributed by atoms with Crippen molar-refractivity contribution >= 4 is 16.9 Å². The van der Waals surface area contributed by atoms with Gasteiger partial charge in [-0.1, -0.05) is 12.1 Å². The van der Waals surface area contributed by atoms with Gasteiger partial charge in [-0.05, 0) is 25.1 Å². The molecule has 6 nitrogen and oxygen atoms in total. The van der Waals surface area contributed by atoms with Crippen LogP contribution < -0.4 is 9.47 Å². The molecule has 0 amide bonds. The number of benzene rings is 2. The third-order valence-electron chi connectivity index (χ3n) is 3.79. The Kier molecular flexibility index (Phi) is 4.79. The SMILES string of the molecule is CCOC(=O)c1cccc(-c2ncnc3cc(OC)c(OC)cc23)c1. The molecule has 0 radical (unpaired) electrons. The van der Waals surface area contributed by atoms with Crippen LogP contribution >= 0.6 is 0 Å². The van der Waals surface area contributed by atoms with Crippen LogP contribution in [-0.4, -0.2) is 36.8 Å². The molecule has 0 spiro atoms. The average Bonchev–Trinajstić information content (AvgIpc) is 2.66. The van der Waals surface area contributed by atoms with E-state index in [1.807, 2.05) is 12.1 Å². The number of fused-ring (bicyclic) bond motifs is 1. The van der Waals surface area contributed by atoms with Gasteiger partial charge >= 0.3 is 5.97 Å². The van der Waals surface area contributed by atoms with Crippen molar-refractivity contribution in [2.75, 3.05) is 20.8 Å². The molecule has 3 aromatic rings. The standard InChI is InChI=1S/C19H18N2O4/c1-4-25-19(22)13-7-5-6-12(8-13)18-14-9-16(23-2)17(24-3)10-15(14)20-11-21-18/h5-11H,4H2,1-3H3. The van der Waals surface area contributed by atoms with E-state index in [4.69, 9.17) is 14.2 Å². The number of methoxy groups -OCH3 is 2. The number of hydrogen-bond donors (Lipinski definition) is 0. The molecule has 128 valence electrons. The van der Waals surface area contributed by atoms with Crippen molar-refractivity contribution in [3.8, 4) is 22.8 Å². The molecule has 0 aliphatic carbocycles. The van der Waals surface area contributed by atoms with Crippen molar-refractivity contribution in [3.05, 3.63) is 48.3 Å². The van der Waals surface area contributed by atoms with Gasteiger partial charge in [0.15, 0.2) is 11.5 Å². The van der Waals surface area contributed by atoms with Crippen LogP contribution in [0.25, 0.3) is 22.2 Å². The molecule has 6 heteroatoms. The highest BCUT2D eigenvalue weighted by Crippen LogP contribution is 2.35. The molecule has 0 aliphatic heterocycles. The van der Waals surface area contributed by atoms with E-state index in [0.29, 0.717) is 29.4 Å². The average molecular weight is 338 g/mol. The van der Waals surface area contributed by atoms with Crippen molar-refractivity contribution in [1.82, 2.24) is 9.97 Å². The Bertz CT molecular complexity index is 924. The van der Waals surface area contributed by atoms with Crippen molar-refractivity contribution in [1.29, 1.82) is 0 Å². The van der Waals surface area contributed by atoms with Gasteiger partial charge in [-0.3, -0.25) is 0 Å². The molecule has 0 fully saturated rings. The Morgan fingerprint density at radius 2 is 1.80 bits per heavy atom. The Balaban J connectivity index is 2.16. The predicted molar refractivity (Wildman–Crippen MR) is 94.0 cm³/mol. The molecular weight excluding hydrogens is 320 g/mol. The first kappa shape index (κ1) is 16.7. The Morgan fingerprint density at radius 3 is 2.52 bits per heavy atom. The summed E-state index contributed by atoms with van der Waals surface area (Å²) in [4.78, 5) is 20.7. The molecule has 2 aromatic carbocycles. The molecule has 3 rings (SSSR count). The number of rotatable bonds is 5. The number of hydrogen-bond acceptors (Lipinski definition) is 6. The number of carbonyl (C=O) groups is 1. The summed E-state index contributed by atoms with van der Waals surface area (Å²) >= 11 is 0. The highest BCUT2D eigenvalue weighted by Gasteiger charge is 2.14. The molecular formula is C19H18N2O4. The first-order chi connectivity index (χ1) is 12.2. The maximum atomic E-state index is 12.0. The number of carbonyl (C=O) groups excluding carboxylic acids is 1. The third-order valence-corrected chi connectivity index (χ3v) is 3.79. The Labute approximate surface area is 145 Å². The van der Waals surface area contributed by atoms with Crippen LogP contribution in [0, 0.1) is 0 Å². The summed E-state index contributed by atoms with van der Waals surface area (Å²) in [5.74, 6) is 0.828. The monoisotopic (exact) mass is 338 g/mol. The first-order valence-corrected chi connectivity index (χ1v) is 7.82. The van der Waals surface area contributed by atoms with E-state index in [9.17, 15) is 4.79 Å². The van der Waals surface area contributed by atoms with Gasteiger partial charge < -0.3 is 14.2 Å². The molecule has 0 aliphatic rings. The zero-order chi connectivity index (χ0) is 17.8. The summed E-state index contributed by atoms with van der Waals surface area (Å²) in [5, 5.41) is 0.807. The fourth-order valence-corrected chi connectivity index (χ4v) is 2.62. The Hall–Kier alpha value is -3.15. The summed E-state index contributed by atoms with van der Waals surface area (Å²) in [6.07, 6.45) is 1.49. The highest BCUT2D eigenvalue weighted by molar-refractivity contribution is 5.96. The lowest BCUT2D eigenvalue weighted by Gasteiger charge is -2.11. The van der Waals surface area contributed by atoms with Gasteiger partial charge in [0.2, 0.25) is 0 Å². The number of esters is 1. The summed E-state index contributed by atoms with van der Waals surface area (Å²) in [6.45, 7) is 2.11. The molecule has 0 saturated carbocycles. The maximum absolute atomic E-state index is 12.0. The van der Waals surface area contributed by atoms with Crippen LogP contribution in [-0.2, 0) is 4.74 Å². The normalized spacial score (nSPS) is 10.5. The minimum Gasteiger partial charge on any atom is -0.493 e. The van der Waals surface area contributed by atoms with Crippen LogP contribution in [0.15, 0.2) is 42.7 Å². The highest BCUT2D eigenvalue weighted by atomic mass is 16.5. The second-order valence-electron chi connectivity index (χ2n) is 5.25. The summed E-state index contributed by atoms with van der Waals surface area (Å²) in [6, 6.07) is 10.8. The van der Waals surface area contributed by atoms with E-state index >= 15 is 0 Å². The molecule has 25 heavy (non-hydrogen) atoms. The quantitative estimate of drug-likeness (QED) is 0.663. The van der Waals surface area contributed by atoms with E-state index < -0.39 is 0 Å². The predicted octanol–water partition coefficient (Wildman–Crippen LogP) is 3.49. The third kappa shape index (κ3) is 3.24. The zero-order valence-corrected chi connectivity index (χ0v) is 14.3. The lowest BCUT2D eigenvalue weighted by molar-refractivity contribution is 0.0526. The van der Waals surface area contributed by atoms with Crippen LogP contribution in [0.5, 0.6) is 11.5 Å². The fraction of sp³-hybridized carbons (Fsp3) is 0.211. The van der Waals surface area contributed by atoms with E-state index in [-0.39, 0.29) is 5.97 Å². The molecule has 1 heterocycles. The molecule has 0 saturated heterocycles. The molecule has 0 bridgehead atoms.